The lowest BCUT2D eigenvalue weighted by Crippen LogP contribution is -2.22. The van der Waals surface area contributed by atoms with Gasteiger partial charge < -0.3 is 5.32 Å². The van der Waals surface area contributed by atoms with E-state index in [1.54, 1.807) is 0 Å². The lowest BCUT2D eigenvalue weighted by molar-refractivity contribution is 0.586. The number of aryl methyl sites for hydroxylation is 2. The Bertz CT molecular complexity index is 597. The van der Waals surface area contributed by atoms with Crippen molar-refractivity contribution >= 4 is 0 Å². The zero-order valence-corrected chi connectivity index (χ0v) is 13.9. The molecule has 0 aliphatic carbocycles. The van der Waals surface area contributed by atoms with E-state index in [-0.39, 0.29) is 0 Å². The molecule has 0 fully saturated rings. The highest BCUT2D eigenvalue weighted by atomic mass is 15.3. The molecule has 1 N–H and O–H groups in total. The zero-order chi connectivity index (χ0) is 15.4. The molecule has 0 atom stereocenters. The molecule has 2 rings (SSSR count). The van der Waals surface area contributed by atoms with Gasteiger partial charge in [0, 0.05) is 30.4 Å². The number of hydrogen-bond acceptors (Lipinski definition) is 2. The summed E-state index contributed by atoms with van der Waals surface area (Å²) in [6, 6.07) is 7.18. The molecule has 3 nitrogen and oxygen atoms in total. The van der Waals surface area contributed by atoms with Crippen LogP contribution >= 0.6 is 0 Å². The van der Waals surface area contributed by atoms with Crippen molar-refractivity contribution in [2.24, 2.45) is 0 Å². The summed E-state index contributed by atoms with van der Waals surface area (Å²) < 4.78 is 2.11. The second-order valence-corrected chi connectivity index (χ2v) is 6.06. The molecule has 0 saturated carbocycles. The second-order valence-electron chi connectivity index (χ2n) is 6.06. The summed E-state index contributed by atoms with van der Waals surface area (Å²) in [4.78, 5) is 0. The predicted molar refractivity (Wildman–Crippen MR) is 89.4 cm³/mol. The maximum absolute atomic E-state index is 4.54. The Kier molecular flexibility index (Phi) is 5.18. The fraction of sp³-hybridized carbons (Fsp3) is 0.500. The number of hydrogen-bond donors (Lipinski definition) is 1. The van der Waals surface area contributed by atoms with Crippen LogP contribution in [0, 0.1) is 13.8 Å². The van der Waals surface area contributed by atoms with Gasteiger partial charge in [-0.15, -0.1) is 0 Å². The Morgan fingerprint density at radius 1 is 1.19 bits per heavy atom. The van der Waals surface area contributed by atoms with Crippen LogP contribution in [-0.4, -0.2) is 15.8 Å². The highest BCUT2D eigenvalue weighted by Gasteiger charge is 2.12. The van der Waals surface area contributed by atoms with E-state index in [0.717, 1.165) is 19.5 Å². The largest absolute Gasteiger partial charge is 0.310 e. The van der Waals surface area contributed by atoms with Crippen LogP contribution in [0.4, 0.5) is 0 Å². The summed E-state index contributed by atoms with van der Waals surface area (Å²) in [6.07, 6.45) is 3.12. The first-order valence-corrected chi connectivity index (χ1v) is 7.88. The van der Waals surface area contributed by atoms with Gasteiger partial charge in [-0.05, 0) is 31.4 Å². The summed E-state index contributed by atoms with van der Waals surface area (Å²) in [7, 11) is 0. The Morgan fingerprint density at radius 3 is 2.62 bits per heavy atom. The van der Waals surface area contributed by atoms with E-state index in [2.05, 4.69) is 67.9 Å². The molecule has 21 heavy (non-hydrogen) atoms. The predicted octanol–water partition coefficient (Wildman–Crippen LogP) is 4.07. The van der Waals surface area contributed by atoms with Crippen molar-refractivity contribution in [3.8, 4) is 11.1 Å². The minimum absolute atomic E-state index is 0.489. The first-order valence-electron chi connectivity index (χ1n) is 7.88. The van der Waals surface area contributed by atoms with Crippen LogP contribution in [0.5, 0.6) is 0 Å². The maximum Gasteiger partial charge on any atom is 0.0571 e. The number of nitrogens with one attached hydrogen (secondary N) is 1. The van der Waals surface area contributed by atoms with E-state index in [4.69, 9.17) is 0 Å². The van der Waals surface area contributed by atoms with Gasteiger partial charge >= 0.3 is 0 Å². The van der Waals surface area contributed by atoms with Crippen molar-refractivity contribution in [3.63, 3.8) is 0 Å². The molecule has 1 aromatic heterocycles. The van der Waals surface area contributed by atoms with Gasteiger partial charge in [0.2, 0.25) is 0 Å². The molecular weight excluding hydrogens is 258 g/mol. The van der Waals surface area contributed by atoms with Crippen molar-refractivity contribution in [1.29, 1.82) is 0 Å². The topological polar surface area (TPSA) is 29.9 Å². The van der Waals surface area contributed by atoms with Crippen LogP contribution in [0.2, 0.25) is 0 Å². The molecule has 0 spiro atoms. The van der Waals surface area contributed by atoms with Gasteiger partial charge in [-0.3, -0.25) is 4.68 Å². The quantitative estimate of drug-likeness (QED) is 0.867. The van der Waals surface area contributed by atoms with Crippen molar-refractivity contribution in [2.45, 2.75) is 60.2 Å². The van der Waals surface area contributed by atoms with E-state index in [0.29, 0.717) is 6.04 Å². The van der Waals surface area contributed by atoms with E-state index >= 15 is 0 Å². The third kappa shape index (κ3) is 3.73. The van der Waals surface area contributed by atoms with Crippen molar-refractivity contribution in [3.05, 3.63) is 41.2 Å². The molecule has 0 amide bonds. The summed E-state index contributed by atoms with van der Waals surface area (Å²) in [5.41, 5.74) is 6.46. The van der Waals surface area contributed by atoms with Crippen LogP contribution in [0.25, 0.3) is 11.1 Å². The summed E-state index contributed by atoms with van der Waals surface area (Å²) >= 11 is 0. The Hall–Kier alpha value is -1.61. The maximum atomic E-state index is 4.54. The van der Waals surface area contributed by atoms with Crippen molar-refractivity contribution < 1.29 is 0 Å². The molecular formula is C18H27N3. The van der Waals surface area contributed by atoms with Gasteiger partial charge in [0.15, 0.2) is 0 Å². The Balaban J connectivity index is 2.39. The fourth-order valence-corrected chi connectivity index (χ4v) is 2.56. The molecule has 3 heteroatoms. The summed E-state index contributed by atoms with van der Waals surface area (Å²) in [5.74, 6) is 0. The van der Waals surface area contributed by atoms with Crippen LogP contribution in [0.3, 0.4) is 0 Å². The van der Waals surface area contributed by atoms with E-state index in [9.17, 15) is 0 Å². The van der Waals surface area contributed by atoms with Gasteiger partial charge in [-0.1, -0.05) is 44.5 Å². The van der Waals surface area contributed by atoms with Crippen LogP contribution in [0.1, 0.15) is 44.0 Å². The standard InChI is InChI=1S/C18H27N3/c1-6-9-21-15(5)18(12-20-21)17-10-14(4)7-8-16(17)11-19-13(2)3/h7-8,10,12-13,19H,6,9,11H2,1-5H3. The second kappa shape index (κ2) is 6.90. The van der Waals surface area contributed by atoms with Gasteiger partial charge in [0.1, 0.15) is 0 Å². The van der Waals surface area contributed by atoms with Crippen molar-refractivity contribution in [2.75, 3.05) is 0 Å². The monoisotopic (exact) mass is 285 g/mol. The summed E-state index contributed by atoms with van der Waals surface area (Å²) in [6.45, 7) is 12.7. The summed E-state index contributed by atoms with van der Waals surface area (Å²) in [5, 5.41) is 8.06. The van der Waals surface area contributed by atoms with Gasteiger partial charge in [-0.2, -0.15) is 5.10 Å². The van der Waals surface area contributed by atoms with E-state index in [1.807, 2.05) is 6.20 Å². The van der Waals surface area contributed by atoms with Gasteiger partial charge in [0.25, 0.3) is 0 Å². The molecule has 0 saturated heterocycles. The fourth-order valence-electron chi connectivity index (χ4n) is 2.56. The highest BCUT2D eigenvalue weighted by Crippen LogP contribution is 2.28. The first kappa shape index (κ1) is 15.8. The molecule has 114 valence electrons. The molecule has 0 aliphatic rings. The third-order valence-electron chi connectivity index (χ3n) is 3.79. The minimum atomic E-state index is 0.489. The molecule has 0 radical (unpaired) electrons. The van der Waals surface area contributed by atoms with Crippen molar-refractivity contribution in [1.82, 2.24) is 15.1 Å². The smallest absolute Gasteiger partial charge is 0.0571 e. The van der Waals surface area contributed by atoms with E-state index in [1.165, 1.54) is 27.9 Å². The number of nitrogens with zero attached hydrogens (tertiary/aromatic N) is 2. The van der Waals surface area contributed by atoms with E-state index < -0.39 is 0 Å². The molecule has 1 aromatic carbocycles. The first-order chi connectivity index (χ1) is 10.0. The van der Waals surface area contributed by atoms with Crippen LogP contribution in [-0.2, 0) is 13.1 Å². The normalized spacial score (nSPS) is 11.3. The number of aromatic nitrogens is 2. The number of rotatable bonds is 6. The third-order valence-corrected chi connectivity index (χ3v) is 3.79. The minimum Gasteiger partial charge on any atom is -0.310 e. The molecule has 1 heterocycles. The average molecular weight is 285 g/mol. The van der Waals surface area contributed by atoms with Crippen LogP contribution in [0.15, 0.2) is 24.4 Å². The SMILES string of the molecule is CCCn1ncc(-c2cc(C)ccc2CNC(C)C)c1C. The Morgan fingerprint density at radius 2 is 1.95 bits per heavy atom. The lowest BCUT2D eigenvalue weighted by atomic mass is 9.98. The molecule has 2 aromatic rings. The Labute approximate surface area is 128 Å². The zero-order valence-electron chi connectivity index (χ0n) is 13.9. The lowest BCUT2D eigenvalue weighted by Gasteiger charge is -2.14. The number of benzene rings is 1. The average Bonchev–Trinajstić information content (AvgIpc) is 2.79. The molecule has 0 aliphatic heterocycles. The van der Waals surface area contributed by atoms with Gasteiger partial charge in [-0.25, -0.2) is 0 Å². The van der Waals surface area contributed by atoms with Gasteiger partial charge in [0.05, 0.1) is 6.20 Å². The van der Waals surface area contributed by atoms with Crippen LogP contribution < -0.4 is 5.32 Å². The highest BCUT2D eigenvalue weighted by molar-refractivity contribution is 5.69. The molecule has 0 unspecified atom stereocenters. The molecule has 0 bridgehead atoms.